The van der Waals surface area contributed by atoms with Crippen molar-refractivity contribution >= 4 is 23.1 Å². The number of ketones is 1. The second-order valence-corrected chi connectivity index (χ2v) is 6.04. The Bertz CT molecular complexity index is 785. The maximum atomic E-state index is 12.6. The monoisotopic (exact) mass is 335 g/mol. The van der Waals surface area contributed by atoms with Crippen LogP contribution < -0.4 is 5.32 Å². The van der Waals surface area contributed by atoms with Crippen molar-refractivity contribution in [3.63, 3.8) is 0 Å². The fourth-order valence-electron chi connectivity index (χ4n) is 2.61. The molecule has 3 heteroatoms. The van der Waals surface area contributed by atoms with E-state index in [9.17, 15) is 4.79 Å². The Hall–Kier alpha value is -2.58. The second kappa shape index (κ2) is 7.80. The number of carbonyl (C=O) groups excluding carboxylic acids is 1. The van der Waals surface area contributed by atoms with E-state index in [4.69, 9.17) is 11.6 Å². The number of rotatable bonds is 6. The number of hydrogen-bond donors (Lipinski definition) is 1. The molecule has 3 aromatic carbocycles. The third-order valence-electron chi connectivity index (χ3n) is 3.87. The third kappa shape index (κ3) is 4.24. The van der Waals surface area contributed by atoms with Crippen LogP contribution in [0.3, 0.4) is 0 Å². The Labute approximate surface area is 147 Å². The molecular formula is C21H18ClNO. The molecule has 0 saturated carbocycles. The predicted molar refractivity (Wildman–Crippen MR) is 99.6 cm³/mol. The minimum Gasteiger partial charge on any atom is -0.378 e. The van der Waals surface area contributed by atoms with Gasteiger partial charge in [-0.1, -0.05) is 60.1 Å². The Balaban J connectivity index is 1.82. The summed E-state index contributed by atoms with van der Waals surface area (Å²) in [5, 5.41) is 4.09. The molecule has 0 aliphatic heterocycles. The summed E-state index contributed by atoms with van der Waals surface area (Å²) >= 11 is 5.90. The van der Waals surface area contributed by atoms with Crippen LogP contribution in [0.2, 0.25) is 5.02 Å². The van der Waals surface area contributed by atoms with Crippen molar-refractivity contribution in [3.8, 4) is 0 Å². The van der Waals surface area contributed by atoms with E-state index in [1.807, 2.05) is 60.7 Å². The summed E-state index contributed by atoms with van der Waals surface area (Å²) in [7, 11) is 0. The molecule has 0 amide bonds. The van der Waals surface area contributed by atoms with Crippen molar-refractivity contribution in [3.05, 3.63) is 101 Å². The van der Waals surface area contributed by atoms with E-state index in [0.29, 0.717) is 17.0 Å². The molecule has 24 heavy (non-hydrogen) atoms. The maximum absolute atomic E-state index is 12.6. The van der Waals surface area contributed by atoms with Gasteiger partial charge in [0.1, 0.15) is 0 Å². The number of hydrogen-bond acceptors (Lipinski definition) is 2. The Morgan fingerprint density at radius 1 is 0.833 bits per heavy atom. The fourth-order valence-corrected chi connectivity index (χ4v) is 2.74. The molecule has 0 aliphatic rings. The lowest BCUT2D eigenvalue weighted by atomic mass is 9.97. The molecule has 0 aliphatic carbocycles. The lowest BCUT2D eigenvalue weighted by Crippen LogP contribution is -2.15. The number of benzene rings is 3. The molecule has 120 valence electrons. The summed E-state index contributed by atoms with van der Waals surface area (Å²) in [6, 6.07) is 26.9. The van der Waals surface area contributed by atoms with Crippen molar-refractivity contribution in [1.29, 1.82) is 0 Å². The molecule has 3 rings (SSSR count). The van der Waals surface area contributed by atoms with Crippen LogP contribution in [0.1, 0.15) is 28.4 Å². The van der Waals surface area contributed by atoms with Gasteiger partial charge in [0.2, 0.25) is 0 Å². The summed E-state index contributed by atoms with van der Waals surface area (Å²) in [5.41, 5.74) is 2.76. The fraction of sp³-hybridized carbons (Fsp3) is 0.0952. The third-order valence-corrected chi connectivity index (χ3v) is 4.12. The topological polar surface area (TPSA) is 29.1 Å². The smallest absolute Gasteiger partial charge is 0.165 e. The molecule has 0 fully saturated rings. The number of para-hydroxylation sites is 1. The highest BCUT2D eigenvalue weighted by molar-refractivity contribution is 6.30. The van der Waals surface area contributed by atoms with Crippen LogP contribution in [-0.2, 0) is 0 Å². The van der Waals surface area contributed by atoms with E-state index < -0.39 is 0 Å². The number of nitrogens with one attached hydrogen (secondary N) is 1. The van der Waals surface area contributed by atoms with E-state index in [-0.39, 0.29) is 11.8 Å². The molecule has 0 aromatic heterocycles. The minimum atomic E-state index is -0.0863. The zero-order chi connectivity index (χ0) is 16.8. The van der Waals surface area contributed by atoms with Crippen LogP contribution in [0.5, 0.6) is 0 Å². The number of carbonyl (C=O) groups is 1. The van der Waals surface area contributed by atoms with Gasteiger partial charge in [-0.25, -0.2) is 0 Å². The first-order chi connectivity index (χ1) is 11.7. The highest BCUT2D eigenvalue weighted by Gasteiger charge is 2.17. The van der Waals surface area contributed by atoms with Crippen LogP contribution in [0.25, 0.3) is 0 Å². The highest BCUT2D eigenvalue weighted by atomic mass is 35.5. The summed E-state index contributed by atoms with van der Waals surface area (Å²) < 4.78 is 0. The van der Waals surface area contributed by atoms with Gasteiger partial charge in [-0.15, -0.1) is 0 Å². The molecule has 1 N–H and O–H groups in total. The van der Waals surface area contributed by atoms with Crippen molar-refractivity contribution in [2.45, 2.75) is 12.5 Å². The Morgan fingerprint density at radius 2 is 1.42 bits per heavy atom. The van der Waals surface area contributed by atoms with Gasteiger partial charge in [-0.2, -0.15) is 0 Å². The molecule has 2 nitrogen and oxygen atoms in total. The van der Waals surface area contributed by atoms with E-state index in [2.05, 4.69) is 5.32 Å². The minimum absolute atomic E-state index is 0.0863. The number of anilines is 1. The first-order valence-electron chi connectivity index (χ1n) is 7.87. The van der Waals surface area contributed by atoms with E-state index in [1.165, 1.54) is 0 Å². The van der Waals surface area contributed by atoms with Gasteiger partial charge in [0.15, 0.2) is 5.78 Å². The molecule has 0 unspecified atom stereocenters. The van der Waals surface area contributed by atoms with E-state index in [0.717, 1.165) is 11.3 Å². The first-order valence-corrected chi connectivity index (χ1v) is 8.25. The lowest BCUT2D eigenvalue weighted by Gasteiger charge is -2.20. The molecule has 0 spiro atoms. The normalized spacial score (nSPS) is 11.7. The van der Waals surface area contributed by atoms with Gasteiger partial charge in [0, 0.05) is 22.7 Å². The molecule has 1 atom stereocenters. The first kappa shape index (κ1) is 16.3. The summed E-state index contributed by atoms with van der Waals surface area (Å²) in [5.74, 6) is 0.0870. The quantitative estimate of drug-likeness (QED) is 0.580. The Morgan fingerprint density at radius 3 is 2.04 bits per heavy atom. The number of halogens is 1. The van der Waals surface area contributed by atoms with Crippen LogP contribution in [0, 0.1) is 0 Å². The van der Waals surface area contributed by atoms with Crippen molar-refractivity contribution in [2.75, 3.05) is 5.32 Å². The van der Waals surface area contributed by atoms with Crippen LogP contribution >= 0.6 is 11.6 Å². The zero-order valence-electron chi connectivity index (χ0n) is 13.2. The van der Waals surface area contributed by atoms with Crippen molar-refractivity contribution in [1.82, 2.24) is 0 Å². The molecule has 0 bridgehead atoms. The van der Waals surface area contributed by atoms with Gasteiger partial charge in [0.05, 0.1) is 6.04 Å². The van der Waals surface area contributed by atoms with Gasteiger partial charge < -0.3 is 5.32 Å². The van der Waals surface area contributed by atoms with Crippen molar-refractivity contribution in [2.24, 2.45) is 0 Å². The van der Waals surface area contributed by atoms with Gasteiger partial charge in [-0.3, -0.25) is 4.79 Å². The van der Waals surface area contributed by atoms with Crippen LogP contribution in [0.4, 0.5) is 5.69 Å². The van der Waals surface area contributed by atoms with Gasteiger partial charge in [0.25, 0.3) is 0 Å². The van der Waals surface area contributed by atoms with Crippen molar-refractivity contribution < 1.29 is 4.79 Å². The Kier molecular flexibility index (Phi) is 5.29. The SMILES string of the molecule is O=C(C[C@@H](Nc1ccccc1)c1ccccc1)c1ccc(Cl)cc1. The number of Topliss-reactive ketones (excluding diaryl/α,β-unsaturated/α-hetero) is 1. The highest BCUT2D eigenvalue weighted by Crippen LogP contribution is 2.24. The largest absolute Gasteiger partial charge is 0.378 e. The lowest BCUT2D eigenvalue weighted by molar-refractivity contribution is 0.0976. The summed E-state index contributed by atoms with van der Waals surface area (Å²) in [4.78, 5) is 12.6. The van der Waals surface area contributed by atoms with E-state index >= 15 is 0 Å². The average Bonchev–Trinajstić information content (AvgIpc) is 2.63. The zero-order valence-corrected chi connectivity index (χ0v) is 13.9. The molecular weight excluding hydrogens is 318 g/mol. The molecule has 0 saturated heterocycles. The summed E-state index contributed by atoms with van der Waals surface area (Å²) in [6.07, 6.45) is 0.376. The molecule has 3 aromatic rings. The standard InChI is InChI=1S/C21H18ClNO/c22-18-13-11-17(12-14-18)21(24)15-20(16-7-3-1-4-8-16)23-19-9-5-2-6-10-19/h1-14,20,23H,15H2/t20-/m1/s1. The molecule has 0 heterocycles. The predicted octanol–water partition coefficient (Wildman–Crippen LogP) is 5.77. The van der Waals surface area contributed by atoms with E-state index in [1.54, 1.807) is 24.3 Å². The maximum Gasteiger partial charge on any atom is 0.165 e. The van der Waals surface area contributed by atoms with Gasteiger partial charge in [-0.05, 0) is 42.0 Å². The molecule has 0 radical (unpaired) electrons. The van der Waals surface area contributed by atoms with Crippen LogP contribution in [-0.4, -0.2) is 5.78 Å². The summed E-state index contributed by atoms with van der Waals surface area (Å²) in [6.45, 7) is 0. The second-order valence-electron chi connectivity index (χ2n) is 5.61. The van der Waals surface area contributed by atoms with Crippen LogP contribution in [0.15, 0.2) is 84.9 Å². The van der Waals surface area contributed by atoms with Gasteiger partial charge >= 0.3 is 0 Å². The average molecular weight is 336 g/mol.